The number of amides is 2. The highest BCUT2D eigenvalue weighted by atomic mass is 16.2. The maximum atomic E-state index is 12.1. The predicted octanol–water partition coefficient (Wildman–Crippen LogP) is 1.16. The molecular formula is C13H22N2O2. The van der Waals surface area contributed by atoms with E-state index in [0.29, 0.717) is 19.1 Å². The molecular weight excluding hydrogens is 216 g/mol. The molecule has 0 spiro atoms. The van der Waals surface area contributed by atoms with Crippen LogP contribution in [0.4, 0.5) is 0 Å². The second kappa shape index (κ2) is 5.17. The third-order valence-corrected chi connectivity index (χ3v) is 3.82. The molecule has 1 saturated carbocycles. The van der Waals surface area contributed by atoms with Crippen LogP contribution >= 0.6 is 0 Å². The fourth-order valence-electron chi connectivity index (χ4n) is 2.92. The van der Waals surface area contributed by atoms with E-state index in [-0.39, 0.29) is 23.7 Å². The minimum Gasteiger partial charge on any atom is -0.313 e. The van der Waals surface area contributed by atoms with Crippen molar-refractivity contribution < 1.29 is 9.59 Å². The zero-order valence-electron chi connectivity index (χ0n) is 10.7. The largest absolute Gasteiger partial charge is 0.313 e. The summed E-state index contributed by atoms with van der Waals surface area (Å²) in [6.45, 7) is 5.36. The Balaban J connectivity index is 1.94. The van der Waals surface area contributed by atoms with Crippen molar-refractivity contribution in [1.82, 2.24) is 10.2 Å². The molecule has 1 saturated heterocycles. The number of likely N-dealkylation sites (tertiary alicyclic amines) is 1. The topological polar surface area (TPSA) is 49.4 Å². The SMILES string of the molecule is CC(C)NCCN1C(=O)C2CCCCC2C1=O. The number of carbonyl (C=O) groups is 2. The van der Waals surface area contributed by atoms with Crippen LogP contribution in [0.1, 0.15) is 39.5 Å². The van der Waals surface area contributed by atoms with Gasteiger partial charge < -0.3 is 5.32 Å². The molecule has 2 fully saturated rings. The standard InChI is InChI=1S/C13H22N2O2/c1-9(2)14-7-8-15-12(16)10-5-3-4-6-11(10)13(15)17/h9-11,14H,3-8H2,1-2H3. The van der Waals surface area contributed by atoms with E-state index in [1.807, 2.05) is 0 Å². The third kappa shape index (κ3) is 2.51. The summed E-state index contributed by atoms with van der Waals surface area (Å²) >= 11 is 0. The highest BCUT2D eigenvalue weighted by Gasteiger charge is 2.47. The average molecular weight is 238 g/mol. The van der Waals surface area contributed by atoms with Gasteiger partial charge in [-0.25, -0.2) is 0 Å². The third-order valence-electron chi connectivity index (χ3n) is 3.82. The fraction of sp³-hybridized carbons (Fsp3) is 0.846. The maximum Gasteiger partial charge on any atom is 0.233 e. The van der Waals surface area contributed by atoms with Crippen molar-refractivity contribution in [2.24, 2.45) is 11.8 Å². The molecule has 0 aromatic carbocycles. The van der Waals surface area contributed by atoms with Gasteiger partial charge in [-0.15, -0.1) is 0 Å². The van der Waals surface area contributed by atoms with Crippen LogP contribution in [-0.2, 0) is 9.59 Å². The lowest BCUT2D eigenvalue weighted by Crippen LogP contribution is -2.38. The van der Waals surface area contributed by atoms with Crippen molar-refractivity contribution in [3.8, 4) is 0 Å². The van der Waals surface area contributed by atoms with E-state index < -0.39 is 0 Å². The summed E-state index contributed by atoms with van der Waals surface area (Å²) in [4.78, 5) is 25.7. The summed E-state index contributed by atoms with van der Waals surface area (Å²) in [6, 6.07) is 0.394. The van der Waals surface area contributed by atoms with Gasteiger partial charge in [-0.05, 0) is 12.8 Å². The molecule has 0 aromatic heterocycles. The first-order valence-corrected chi connectivity index (χ1v) is 6.70. The van der Waals surface area contributed by atoms with Gasteiger partial charge in [0.15, 0.2) is 0 Å². The first-order valence-electron chi connectivity index (χ1n) is 6.70. The summed E-state index contributed by atoms with van der Waals surface area (Å²) in [6.07, 6.45) is 4.00. The molecule has 0 radical (unpaired) electrons. The van der Waals surface area contributed by atoms with Crippen molar-refractivity contribution >= 4 is 11.8 Å². The number of nitrogens with one attached hydrogen (secondary N) is 1. The van der Waals surface area contributed by atoms with Gasteiger partial charge in [0, 0.05) is 19.1 Å². The molecule has 1 heterocycles. The molecule has 0 bridgehead atoms. The molecule has 2 atom stereocenters. The lowest BCUT2D eigenvalue weighted by molar-refractivity contribution is -0.139. The van der Waals surface area contributed by atoms with E-state index in [2.05, 4.69) is 19.2 Å². The molecule has 96 valence electrons. The van der Waals surface area contributed by atoms with Gasteiger partial charge in [-0.2, -0.15) is 0 Å². The smallest absolute Gasteiger partial charge is 0.233 e. The molecule has 1 aliphatic heterocycles. The highest BCUT2D eigenvalue weighted by Crippen LogP contribution is 2.37. The van der Waals surface area contributed by atoms with Crippen LogP contribution in [-0.4, -0.2) is 35.8 Å². The fourth-order valence-corrected chi connectivity index (χ4v) is 2.92. The lowest BCUT2D eigenvalue weighted by Gasteiger charge is -2.19. The van der Waals surface area contributed by atoms with Crippen molar-refractivity contribution in [2.45, 2.75) is 45.6 Å². The molecule has 2 rings (SSSR count). The number of imide groups is 1. The van der Waals surface area contributed by atoms with Gasteiger partial charge in [0.25, 0.3) is 0 Å². The summed E-state index contributed by atoms with van der Waals surface area (Å²) in [7, 11) is 0. The van der Waals surface area contributed by atoms with Crippen LogP contribution in [0.2, 0.25) is 0 Å². The Bertz CT molecular complexity index is 291. The Labute approximate surface area is 103 Å². The highest BCUT2D eigenvalue weighted by molar-refractivity contribution is 6.05. The Hall–Kier alpha value is -0.900. The Morgan fingerprint density at radius 3 is 2.18 bits per heavy atom. The van der Waals surface area contributed by atoms with Crippen LogP contribution in [0.3, 0.4) is 0 Å². The molecule has 2 unspecified atom stereocenters. The van der Waals surface area contributed by atoms with E-state index in [0.717, 1.165) is 25.7 Å². The quantitative estimate of drug-likeness (QED) is 0.748. The van der Waals surface area contributed by atoms with Gasteiger partial charge in [0.1, 0.15) is 0 Å². The van der Waals surface area contributed by atoms with Gasteiger partial charge >= 0.3 is 0 Å². The maximum absolute atomic E-state index is 12.1. The average Bonchev–Trinajstić information content (AvgIpc) is 2.54. The summed E-state index contributed by atoms with van der Waals surface area (Å²) < 4.78 is 0. The van der Waals surface area contributed by atoms with Gasteiger partial charge in [-0.1, -0.05) is 26.7 Å². The molecule has 4 heteroatoms. The lowest BCUT2D eigenvalue weighted by atomic mass is 9.81. The molecule has 17 heavy (non-hydrogen) atoms. The number of hydrogen-bond acceptors (Lipinski definition) is 3. The van der Waals surface area contributed by atoms with E-state index in [9.17, 15) is 9.59 Å². The Kier molecular flexibility index (Phi) is 3.82. The Morgan fingerprint density at radius 1 is 1.18 bits per heavy atom. The van der Waals surface area contributed by atoms with Crippen LogP contribution in [0, 0.1) is 11.8 Å². The minimum atomic E-state index is -0.00435. The van der Waals surface area contributed by atoms with Crippen LogP contribution in [0.5, 0.6) is 0 Å². The zero-order valence-corrected chi connectivity index (χ0v) is 10.7. The van der Waals surface area contributed by atoms with Crippen LogP contribution in [0.25, 0.3) is 0 Å². The van der Waals surface area contributed by atoms with Crippen LogP contribution < -0.4 is 5.32 Å². The summed E-state index contributed by atoms with van der Waals surface area (Å²) in [5, 5.41) is 3.25. The second-order valence-corrected chi connectivity index (χ2v) is 5.43. The van der Waals surface area contributed by atoms with E-state index in [4.69, 9.17) is 0 Å². The predicted molar refractivity (Wildman–Crippen MR) is 65.3 cm³/mol. The van der Waals surface area contributed by atoms with Crippen molar-refractivity contribution in [3.05, 3.63) is 0 Å². The molecule has 4 nitrogen and oxygen atoms in total. The van der Waals surface area contributed by atoms with Gasteiger partial charge in [0.2, 0.25) is 11.8 Å². The molecule has 0 aromatic rings. The molecule has 2 aliphatic rings. The number of rotatable bonds is 4. The van der Waals surface area contributed by atoms with Crippen molar-refractivity contribution in [1.29, 1.82) is 0 Å². The molecule has 2 amide bonds. The molecule has 1 aliphatic carbocycles. The second-order valence-electron chi connectivity index (χ2n) is 5.43. The van der Waals surface area contributed by atoms with Gasteiger partial charge in [0.05, 0.1) is 11.8 Å². The Morgan fingerprint density at radius 2 is 1.71 bits per heavy atom. The van der Waals surface area contributed by atoms with E-state index in [1.54, 1.807) is 0 Å². The normalized spacial score (nSPS) is 29.0. The van der Waals surface area contributed by atoms with Crippen molar-refractivity contribution in [3.63, 3.8) is 0 Å². The zero-order chi connectivity index (χ0) is 12.4. The summed E-state index contributed by atoms with van der Waals surface area (Å²) in [5.74, 6) is 0.140. The van der Waals surface area contributed by atoms with Crippen molar-refractivity contribution in [2.75, 3.05) is 13.1 Å². The van der Waals surface area contributed by atoms with Gasteiger partial charge in [-0.3, -0.25) is 14.5 Å². The van der Waals surface area contributed by atoms with E-state index in [1.165, 1.54) is 4.90 Å². The number of fused-ring (bicyclic) bond motifs is 1. The number of hydrogen-bond donors (Lipinski definition) is 1. The summed E-state index contributed by atoms with van der Waals surface area (Å²) in [5.41, 5.74) is 0. The number of nitrogens with zero attached hydrogens (tertiary/aromatic N) is 1. The van der Waals surface area contributed by atoms with Crippen LogP contribution in [0.15, 0.2) is 0 Å². The molecule has 1 N–H and O–H groups in total. The minimum absolute atomic E-state index is 0.00435. The van der Waals surface area contributed by atoms with E-state index >= 15 is 0 Å². The first kappa shape index (κ1) is 12.6. The first-order chi connectivity index (χ1) is 8.11. The number of carbonyl (C=O) groups excluding carboxylic acids is 2. The monoisotopic (exact) mass is 238 g/mol.